The van der Waals surface area contributed by atoms with Crippen LogP contribution in [0.15, 0.2) is 68.6 Å². The number of nitro benzene ring substituents is 1. The van der Waals surface area contributed by atoms with Crippen LogP contribution in [-0.4, -0.2) is 29.6 Å². The molecule has 2 amide bonds. The molecule has 0 heterocycles. The molecule has 0 bridgehead atoms. The van der Waals surface area contributed by atoms with Crippen LogP contribution in [0.3, 0.4) is 0 Å². The third-order valence-electron chi connectivity index (χ3n) is 4.95. The van der Waals surface area contributed by atoms with Gasteiger partial charge in [0.05, 0.1) is 15.6 Å². The molecule has 11 heteroatoms. The van der Waals surface area contributed by atoms with Crippen molar-refractivity contribution in [2.24, 2.45) is 5.10 Å². The second-order valence-electron chi connectivity index (χ2n) is 7.40. The summed E-state index contributed by atoms with van der Waals surface area (Å²) in [5.74, 6) is -0.609. The van der Waals surface area contributed by atoms with E-state index in [1.165, 1.54) is 24.4 Å². The lowest BCUT2D eigenvalue weighted by Crippen LogP contribution is -2.21. The summed E-state index contributed by atoms with van der Waals surface area (Å²) in [5, 5.41) is 17.7. The van der Waals surface area contributed by atoms with Gasteiger partial charge in [0, 0.05) is 33.4 Å². The highest BCUT2D eigenvalue weighted by Crippen LogP contribution is 2.32. The molecule has 180 valence electrons. The number of aryl methyl sites for hydroxylation is 1. The van der Waals surface area contributed by atoms with Gasteiger partial charge in [-0.3, -0.25) is 19.7 Å². The first kappa shape index (κ1) is 26.0. The molecule has 0 saturated carbocycles. The molecule has 2 N–H and O–H groups in total. The van der Waals surface area contributed by atoms with Gasteiger partial charge in [0.2, 0.25) is 0 Å². The average molecular weight is 604 g/mol. The van der Waals surface area contributed by atoms with E-state index in [0.717, 1.165) is 17.2 Å². The Morgan fingerprint density at radius 3 is 2.60 bits per heavy atom. The lowest BCUT2D eigenvalue weighted by Gasteiger charge is -2.13. The van der Waals surface area contributed by atoms with Crippen LogP contribution < -0.4 is 15.5 Å². The number of hydrazone groups is 1. The van der Waals surface area contributed by atoms with Crippen molar-refractivity contribution in [3.05, 3.63) is 95.9 Å². The standard InChI is InChI=1S/C24H20Br2N4O5/c1-14-5-3-8-21(15(14)2)28-22(31)13-35-23-17(9-18(25)11-20(23)26)12-27-29-24(32)16-6-4-7-19(10-16)30(33)34/h3-12H,13H2,1-2H3,(H,28,31)(H,29,32)/b27-12+. The summed E-state index contributed by atoms with van der Waals surface area (Å²) in [5.41, 5.74) is 5.43. The molecule has 0 aliphatic rings. The van der Waals surface area contributed by atoms with E-state index in [2.05, 4.69) is 47.7 Å². The predicted molar refractivity (Wildman–Crippen MR) is 140 cm³/mol. The fourth-order valence-corrected chi connectivity index (χ4v) is 4.40. The summed E-state index contributed by atoms with van der Waals surface area (Å²) in [6, 6.07) is 14.4. The SMILES string of the molecule is Cc1cccc(NC(=O)COc2c(Br)cc(Br)cc2/C=N/NC(=O)c2cccc([N+](=O)[O-])c2)c1C. The third kappa shape index (κ3) is 6.96. The fourth-order valence-electron chi connectivity index (χ4n) is 3.02. The van der Waals surface area contributed by atoms with Crippen molar-refractivity contribution in [2.75, 3.05) is 11.9 Å². The number of nitro groups is 1. The number of amides is 2. The summed E-state index contributed by atoms with van der Waals surface area (Å²) in [7, 11) is 0. The average Bonchev–Trinajstić information content (AvgIpc) is 2.81. The van der Waals surface area contributed by atoms with Crippen molar-refractivity contribution in [3.63, 3.8) is 0 Å². The van der Waals surface area contributed by atoms with Gasteiger partial charge in [-0.2, -0.15) is 5.10 Å². The van der Waals surface area contributed by atoms with Crippen molar-refractivity contribution < 1.29 is 19.2 Å². The van der Waals surface area contributed by atoms with Crippen LogP contribution in [-0.2, 0) is 4.79 Å². The minimum absolute atomic E-state index is 0.0892. The van der Waals surface area contributed by atoms with E-state index in [-0.39, 0.29) is 23.8 Å². The van der Waals surface area contributed by atoms with E-state index >= 15 is 0 Å². The van der Waals surface area contributed by atoms with Crippen molar-refractivity contribution in [1.29, 1.82) is 0 Å². The Labute approximate surface area is 218 Å². The highest BCUT2D eigenvalue weighted by atomic mass is 79.9. The maximum Gasteiger partial charge on any atom is 0.271 e. The van der Waals surface area contributed by atoms with E-state index in [9.17, 15) is 19.7 Å². The number of halogens is 2. The van der Waals surface area contributed by atoms with Gasteiger partial charge in [-0.05, 0) is 65.2 Å². The lowest BCUT2D eigenvalue weighted by molar-refractivity contribution is -0.384. The predicted octanol–water partition coefficient (Wildman–Crippen LogP) is 5.52. The normalized spacial score (nSPS) is 10.7. The Kier molecular flexibility index (Phi) is 8.72. The van der Waals surface area contributed by atoms with Crippen LogP contribution in [0.25, 0.3) is 0 Å². The Morgan fingerprint density at radius 1 is 1.11 bits per heavy atom. The zero-order chi connectivity index (χ0) is 25.5. The first-order valence-corrected chi connectivity index (χ1v) is 11.8. The van der Waals surface area contributed by atoms with Crippen LogP contribution >= 0.6 is 31.9 Å². The first-order valence-electron chi connectivity index (χ1n) is 10.2. The molecule has 0 spiro atoms. The molecule has 0 aliphatic heterocycles. The minimum atomic E-state index is -0.616. The van der Waals surface area contributed by atoms with Gasteiger partial charge in [0.15, 0.2) is 6.61 Å². The number of non-ortho nitro benzene ring substituents is 1. The number of carbonyl (C=O) groups is 2. The molecule has 0 fully saturated rings. The van der Waals surface area contributed by atoms with Gasteiger partial charge in [-0.15, -0.1) is 0 Å². The van der Waals surface area contributed by atoms with E-state index in [0.29, 0.717) is 25.9 Å². The van der Waals surface area contributed by atoms with Crippen LogP contribution in [0.2, 0.25) is 0 Å². The van der Waals surface area contributed by atoms with Gasteiger partial charge < -0.3 is 10.1 Å². The lowest BCUT2D eigenvalue weighted by atomic mass is 10.1. The van der Waals surface area contributed by atoms with Crippen LogP contribution in [0.1, 0.15) is 27.0 Å². The van der Waals surface area contributed by atoms with Crippen LogP contribution in [0, 0.1) is 24.0 Å². The molecule has 0 unspecified atom stereocenters. The molecule has 9 nitrogen and oxygen atoms in total. The van der Waals surface area contributed by atoms with Gasteiger partial charge in [-0.25, -0.2) is 5.43 Å². The smallest absolute Gasteiger partial charge is 0.271 e. The summed E-state index contributed by atoms with van der Waals surface area (Å²) in [4.78, 5) is 35.1. The number of hydrogen-bond donors (Lipinski definition) is 2. The third-order valence-corrected chi connectivity index (χ3v) is 6.00. The van der Waals surface area contributed by atoms with E-state index in [1.54, 1.807) is 12.1 Å². The molecule has 0 aliphatic carbocycles. The highest BCUT2D eigenvalue weighted by Gasteiger charge is 2.14. The van der Waals surface area contributed by atoms with Crippen LogP contribution in [0.5, 0.6) is 5.75 Å². The molecule has 3 rings (SSSR count). The number of carbonyl (C=O) groups excluding carboxylic acids is 2. The fraction of sp³-hybridized carbons (Fsp3) is 0.125. The van der Waals surface area contributed by atoms with E-state index < -0.39 is 10.8 Å². The summed E-state index contributed by atoms with van der Waals surface area (Å²) >= 11 is 6.80. The minimum Gasteiger partial charge on any atom is -0.482 e. The molecule has 35 heavy (non-hydrogen) atoms. The number of ether oxygens (including phenoxy) is 1. The topological polar surface area (TPSA) is 123 Å². The zero-order valence-corrected chi connectivity index (χ0v) is 21.8. The van der Waals surface area contributed by atoms with Crippen molar-refractivity contribution in [1.82, 2.24) is 5.43 Å². The van der Waals surface area contributed by atoms with Gasteiger partial charge in [0.1, 0.15) is 5.75 Å². The second-order valence-corrected chi connectivity index (χ2v) is 9.17. The summed E-state index contributed by atoms with van der Waals surface area (Å²) in [6.07, 6.45) is 1.35. The van der Waals surface area contributed by atoms with Crippen molar-refractivity contribution in [3.8, 4) is 5.75 Å². The number of nitrogens with zero attached hydrogens (tertiary/aromatic N) is 2. The van der Waals surface area contributed by atoms with Crippen molar-refractivity contribution >= 4 is 61.3 Å². The Bertz CT molecular complexity index is 1330. The molecule has 3 aromatic carbocycles. The molecule has 3 aromatic rings. The maximum absolute atomic E-state index is 12.5. The van der Waals surface area contributed by atoms with Crippen molar-refractivity contribution in [2.45, 2.75) is 13.8 Å². The Balaban J connectivity index is 1.70. The molecular weight excluding hydrogens is 584 g/mol. The van der Waals surface area contributed by atoms with Gasteiger partial charge in [-0.1, -0.05) is 34.1 Å². The first-order chi connectivity index (χ1) is 16.7. The number of nitrogens with one attached hydrogen (secondary N) is 2. The molecule has 0 radical (unpaired) electrons. The summed E-state index contributed by atoms with van der Waals surface area (Å²) in [6.45, 7) is 3.63. The number of hydrogen-bond acceptors (Lipinski definition) is 6. The number of benzene rings is 3. The number of anilines is 1. The molecule has 0 saturated heterocycles. The molecular formula is C24H20Br2N4O5. The Morgan fingerprint density at radius 2 is 1.86 bits per heavy atom. The van der Waals surface area contributed by atoms with E-state index in [1.807, 2.05) is 32.0 Å². The zero-order valence-electron chi connectivity index (χ0n) is 18.7. The van der Waals surface area contributed by atoms with Crippen LogP contribution in [0.4, 0.5) is 11.4 Å². The molecule has 0 aromatic heterocycles. The largest absolute Gasteiger partial charge is 0.482 e. The summed E-state index contributed by atoms with van der Waals surface area (Å²) < 4.78 is 7.03. The van der Waals surface area contributed by atoms with Gasteiger partial charge >= 0.3 is 0 Å². The quantitative estimate of drug-likeness (QED) is 0.199. The second kappa shape index (κ2) is 11.7. The molecule has 0 atom stereocenters. The number of rotatable bonds is 8. The van der Waals surface area contributed by atoms with Gasteiger partial charge in [0.25, 0.3) is 17.5 Å². The highest BCUT2D eigenvalue weighted by molar-refractivity contribution is 9.11. The van der Waals surface area contributed by atoms with E-state index in [4.69, 9.17) is 4.74 Å². The Hall–Kier alpha value is -3.57. The monoisotopic (exact) mass is 602 g/mol. The maximum atomic E-state index is 12.5.